The normalized spacial score (nSPS) is 10.0. The molecule has 6 heavy (non-hydrogen) atoms. The van der Waals surface area contributed by atoms with E-state index in [1.807, 2.05) is 0 Å². The van der Waals surface area contributed by atoms with Gasteiger partial charge in [0.25, 0.3) is 0 Å². The molecule has 0 fully saturated rings. The SMILES string of the molecule is CC(Cl)(Cl)Cl.[Ti]. The maximum absolute atomic E-state index is 5.06. The van der Waals surface area contributed by atoms with Crippen molar-refractivity contribution in [2.24, 2.45) is 0 Å². The zero-order chi connectivity index (χ0) is 4.50. The largest absolute Gasteiger partial charge is 0.187 e. The van der Waals surface area contributed by atoms with Crippen molar-refractivity contribution in [1.29, 1.82) is 0 Å². The molecule has 0 aromatic rings. The van der Waals surface area contributed by atoms with E-state index in [1.54, 1.807) is 0 Å². The van der Waals surface area contributed by atoms with Crippen LogP contribution in [0.2, 0.25) is 0 Å². The van der Waals surface area contributed by atoms with Crippen LogP contribution >= 0.6 is 34.8 Å². The fraction of sp³-hybridized carbons (Fsp3) is 1.00. The van der Waals surface area contributed by atoms with Gasteiger partial charge >= 0.3 is 0 Å². The summed E-state index contributed by atoms with van der Waals surface area (Å²) in [4.78, 5) is 0. The molecule has 0 spiro atoms. The van der Waals surface area contributed by atoms with Gasteiger partial charge in [0, 0.05) is 21.7 Å². The summed E-state index contributed by atoms with van der Waals surface area (Å²) in [6.45, 7) is 1.48. The Morgan fingerprint density at radius 1 is 1.17 bits per heavy atom. The molecule has 0 aliphatic rings. The van der Waals surface area contributed by atoms with E-state index in [9.17, 15) is 0 Å². The number of hydrogen-bond acceptors (Lipinski definition) is 0. The minimum atomic E-state index is -1.08. The summed E-state index contributed by atoms with van der Waals surface area (Å²) >= 11 is 15.2. The Morgan fingerprint density at radius 3 is 1.17 bits per heavy atom. The molecule has 0 amide bonds. The summed E-state index contributed by atoms with van der Waals surface area (Å²) in [5.41, 5.74) is 0. The Morgan fingerprint density at radius 2 is 1.17 bits per heavy atom. The molecule has 0 heterocycles. The Hall–Kier alpha value is 1.58. The molecule has 0 bridgehead atoms. The maximum Gasteiger partial charge on any atom is 0.187 e. The zero-order valence-electron chi connectivity index (χ0n) is 3.13. The summed E-state index contributed by atoms with van der Waals surface area (Å²) < 4.78 is -1.08. The van der Waals surface area contributed by atoms with E-state index in [0.29, 0.717) is 0 Å². The van der Waals surface area contributed by atoms with Gasteiger partial charge in [0.1, 0.15) is 0 Å². The summed E-state index contributed by atoms with van der Waals surface area (Å²) in [6, 6.07) is 0. The van der Waals surface area contributed by atoms with Crippen LogP contribution in [0.25, 0.3) is 0 Å². The summed E-state index contributed by atoms with van der Waals surface area (Å²) in [5.74, 6) is 0. The van der Waals surface area contributed by atoms with E-state index >= 15 is 0 Å². The van der Waals surface area contributed by atoms with Gasteiger partial charge in [-0.25, -0.2) is 0 Å². The molecule has 0 rings (SSSR count). The molecule has 0 aromatic heterocycles. The van der Waals surface area contributed by atoms with Crippen molar-refractivity contribution < 1.29 is 21.7 Å². The van der Waals surface area contributed by atoms with E-state index in [1.165, 1.54) is 6.92 Å². The third-order valence-corrected chi connectivity index (χ3v) is 0. The van der Waals surface area contributed by atoms with Gasteiger partial charge in [0.15, 0.2) is 3.79 Å². The van der Waals surface area contributed by atoms with Crippen LogP contribution in [0.1, 0.15) is 6.92 Å². The minimum absolute atomic E-state index is 0. The van der Waals surface area contributed by atoms with Crippen molar-refractivity contribution in [2.45, 2.75) is 10.7 Å². The van der Waals surface area contributed by atoms with Gasteiger partial charge in [-0.2, -0.15) is 0 Å². The topological polar surface area (TPSA) is 0 Å². The molecule has 0 saturated heterocycles. The van der Waals surface area contributed by atoms with Crippen LogP contribution in [0.5, 0.6) is 0 Å². The molecule has 0 atom stereocenters. The van der Waals surface area contributed by atoms with Crippen LogP contribution in [0.15, 0.2) is 0 Å². The molecule has 0 saturated carbocycles. The van der Waals surface area contributed by atoms with Crippen LogP contribution in [0.3, 0.4) is 0 Å². The molecule has 0 unspecified atom stereocenters. The zero-order valence-corrected chi connectivity index (χ0v) is 6.96. The average molecular weight is 181 g/mol. The number of alkyl halides is 3. The average Bonchev–Trinajstić information content (AvgIpc) is 0.722. The van der Waals surface area contributed by atoms with Gasteiger partial charge in [-0.3, -0.25) is 0 Å². The van der Waals surface area contributed by atoms with Crippen molar-refractivity contribution in [3.63, 3.8) is 0 Å². The monoisotopic (exact) mass is 180 g/mol. The number of hydrogen-bond donors (Lipinski definition) is 0. The minimum Gasteiger partial charge on any atom is -0.0840 e. The second-order valence-corrected chi connectivity index (χ2v) is 3.63. The molecular formula is C2H3Cl3Ti. The molecule has 0 N–H and O–H groups in total. The van der Waals surface area contributed by atoms with Crippen molar-refractivity contribution >= 4 is 34.8 Å². The van der Waals surface area contributed by atoms with Crippen molar-refractivity contribution in [3.8, 4) is 0 Å². The standard InChI is InChI=1S/C2H3Cl3.Ti/c1-2(3,4)5;/h1H3;. The summed E-state index contributed by atoms with van der Waals surface area (Å²) in [5, 5.41) is 0. The van der Waals surface area contributed by atoms with E-state index in [0.717, 1.165) is 0 Å². The fourth-order valence-electron chi connectivity index (χ4n) is 0. The first-order valence-corrected chi connectivity index (χ1v) is 2.20. The Balaban J connectivity index is 0. The second-order valence-electron chi connectivity index (χ2n) is 0.781. The summed E-state index contributed by atoms with van der Waals surface area (Å²) in [6.07, 6.45) is 0. The van der Waals surface area contributed by atoms with E-state index < -0.39 is 3.79 Å². The summed E-state index contributed by atoms with van der Waals surface area (Å²) in [7, 11) is 0. The van der Waals surface area contributed by atoms with Gasteiger partial charge in [0.05, 0.1) is 0 Å². The van der Waals surface area contributed by atoms with E-state index in [-0.39, 0.29) is 21.7 Å². The molecule has 4 heteroatoms. The predicted molar refractivity (Wildman–Crippen MR) is 26.0 cm³/mol. The van der Waals surface area contributed by atoms with Gasteiger partial charge < -0.3 is 0 Å². The van der Waals surface area contributed by atoms with Crippen molar-refractivity contribution in [1.82, 2.24) is 0 Å². The first-order valence-electron chi connectivity index (χ1n) is 1.07. The molecule has 0 nitrogen and oxygen atoms in total. The van der Waals surface area contributed by atoms with Gasteiger partial charge in [-0.15, -0.1) is 0 Å². The third-order valence-electron chi connectivity index (χ3n) is 0. The van der Waals surface area contributed by atoms with Crippen LogP contribution in [-0.2, 0) is 21.7 Å². The maximum atomic E-state index is 5.06. The fourth-order valence-corrected chi connectivity index (χ4v) is 0. The van der Waals surface area contributed by atoms with E-state index in [4.69, 9.17) is 34.8 Å². The van der Waals surface area contributed by atoms with E-state index in [2.05, 4.69) is 0 Å². The molecule has 0 aliphatic carbocycles. The molecule has 0 aromatic carbocycles. The quantitative estimate of drug-likeness (QED) is 0.397. The van der Waals surface area contributed by atoms with Crippen molar-refractivity contribution in [3.05, 3.63) is 0 Å². The molecule has 36 valence electrons. The molecular weight excluding hydrogens is 178 g/mol. The number of rotatable bonds is 0. The van der Waals surface area contributed by atoms with Crippen molar-refractivity contribution in [2.75, 3.05) is 0 Å². The molecule has 0 aliphatic heterocycles. The Kier molecular flexibility index (Phi) is 6.27. The van der Waals surface area contributed by atoms with Gasteiger partial charge in [0.2, 0.25) is 0 Å². The van der Waals surface area contributed by atoms with Crippen LogP contribution < -0.4 is 0 Å². The number of halogens is 3. The van der Waals surface area contributed by atoms with Gasteiger partial charge in [-0.05, 0) is 6.92 Å². The van der Waals surface area contributed by atoms with Crippen LogP contribution in [-0.4, -0.2) is 3.79 Å². The predicted octanol–water partition coefficient (Wildman–Crippen LogP) is 2.37. The smallest absolute Gasteiger partial charge is 0.0840 e. The van der Waals surface area contributed by atoms with Crippen LogP contribution in [0, 0.1) is 0 Å². The first-order chi connectivity index (χ1) is 2.00. The Labute approximate surface area is 67.0 Å². The third kappa shape index (κ3) is 46.8. The molecule has 0 radical (unpaired) electrons. The Bertz CT molecular complexity index is 24.3. The second kappa shape index (κ2) is 3.57. The van der Waals surface area contributed by atoms with Gasteiger partial charge in [-0.1, -0.05) is 34.8 Å². The van der Waals surface area contributed by atoms with Crippen LogP contribution in [0.4, 0.5) is 0 Å². The first kappa shape index (κ1) is 10.5.